The van der Waals surface area contributed by atoms with Crippen molar-refractivity contribution in [2.45, 2.75) is 90.8 Å². The average molecular weight is 344 g/mol. The molecule has 0 amide bonds. The lowest BCUT2D eigenvalue weighted by Gasteiger charge is -2.44. The Bertz CT molecular complexity index is 517. The Morgan fingerprint density at radius 3 is 2.48 bits per heavy atom. The predicted octanol–water partition coefficient (Wildman–Crippen LogP) is 5.86. The molecule has 0 bridgehead atoms. The van der Waals surface area contributed by atoms with Crippen molar-refractivity contribution in [1.82, 2.24) is 4.90 Å². The van der Waals surface area contributed by atoms with Crippen LogP contribution in [0.2, 0.25) is 0 Å². The number of allylic oxidation sites excluding steroid dienone is 3. The van der Waals surface area contributed by atoms with Crippen LogP contribution in [0.15, 0.2) is 36.1 Å². The van der Waals surface area contributed by atoms with E-state index in [9.17, 15) is 0 Å². The van der Waals surface area contributed by atoms with E-state index in [4.69, 9.17) is 4.74 Å². The molecule has 2 nitrogen and oxygen atoms in total. The fourth-order valence-corrected chi connectivity index (χ4v) is 4.43. The zero-order valence-electron chi connectivity index (χ0n) is 16.7. The standard InChI is InChI=1S/C23H37NO/c1-18-10-15-22(19-8-6-5-7-9-19)24(16-18)20-11-13-21(14-12-20)25-17-23(2,3)4/h6,8,10,15-16,19-22H,5,7,9,11-14,17H2,1-4H3. The van der Waals surface area contributed by atoms with E-state index in [0.717, 1.165) is 6.61 Å². The van der Waals surface area contributed by atoms with E-state index in [2.05, 4.69) is 63.1 Å². The molecule has 0 N–H and O–H groups in total. The first-order chi connectivity index (χ1) is 11.9. The Hall–Kier alpha value is -1.02. The molecule has 0 aromatic heterocycles. The lowest BCUT2D eigenvalue weighted by molar-refractivity contribution is -0.0226. The molecule has 0 spiro atoms. The van der Waals surface area contributed by atoms with Gasteiger partial charge in [0.2, 0.25) is 0 Å². The van der Waals surface area contributed by atoms with Gasteiger partial charge >= 0.3 is 0 Å². The molecule has 3 aliphatic rings. The molecule has 2 atom stereocenters. The molecule has 0 saturated heterocycles. The number of nitrogens with zero attached hydrogens (tertiary/aromatic N) is 1. The van der Waals surface area contributed by atoms with E-state index in [1.807, 2.05) is 0 Å². The number of ether oxygens (including phenoxy) is 1. The number of hydrogen-bond acceptors (Lipinski definition) is 2. The van der Waals surface area contributed by atoms with Gasteiger partial charge in [-0.15, -0.1) is 0 Å². The van der Waals surface area contributed by atoms with Crippen LogP contribution in [0.3, 0.4) is 0 Å². The predicted molar refractivity (Wildman–Crippen MR) is 106 cm³/mol. The van der Waals surface area contributed by atoms with Crippen LogP contribution in [0.1, 0.15) is 72.6 Å². The summed E-state index contributed by atoms with van der Waals surface area (Å²) in [5, 5.41) is 0. The van der Waals surface area contributed by atoms with Gasteiger partial charge in [0.05, 0.1) is 18.8 Å². The smallest absolute Gasteiger partial charge is 0.0577 e. The first-order valence-corrected chi connectivity index (χ1v) is 10.3. The van der Waals surface area contributed by atoms with Crippen LogP contribution in [0, 0.1) is 11.3 Å². The fraction of sp³-hybridized carbons (Fsp3) is 0.739. The summed E-state index contributed by atoms with van der Waals surface area (Å²) >= 11 is 0. The van der Waals surface area contributed by atoms with Crippen molar-refractivity contribution in [1.29, 1.82) is 0 Å². The van der Waals surface area contributed by atoms with E-state index in [-0.39, 0.29) is 5.41 Å². The lowest BCUT2D eigenvalue weighted by Crippen LogP contribution is -2.46. The second-order valence-corrected chi connectivity index (χ2v) is 9.50. The van der Waals surface area contributed by atoms with Crippen molar-refractivity contribution >= 4 is 0 Å². The average Bonchev–Trinajstić information content (AvgIpc) is 2.60. The molecular weight excluding hydrogens is 306 g/mol. The fourth-order valence-electron chi connectivity index (χ4n) is 4.43. The first kappa shape index (κ1) is 18.8. The van der Waals surface area contributed by atoms with Gasteiger partial charge in [0.25, 0.3) is 0 Å². The van der Waals surface area contributed by atoms with Gasteiger partial charge in [-0.25, -0.2) is 0 Å². The zero-order chi connectivity index (χ0) is 17.9. The number of hydrogen-bond donors (Lipinski definition) is 0. The SMILES string of the molecule is CC1=CN(C2CCC(OCC(C)(C)C)CC2)C(C2C=CCCC2)C=C1. The molecule has 1 saturated carbocycles. The maximum atomic E-state index is 6.19. The molecule has 0 aromatic rings. The molecular formula is C23H37NO. The summed E-state index contributed by atoms with van der Waals surface area (Å²) in [6.45, 7) is 9.88. The zero-order valence-corrected chi connectivity index (χ0v) is 16.7. The van der Waals surface area contributed by atoms with Gasteiger partial charge in [-0.3, -0.25) is 0 Å². The van der Waals surface area contributed by atoms with Crippen LogP contribution in [0.4, 0.5) is 0 Å². The summed E-state index contributed by atoms with van der Waals surface area (Å²) in [5.41, 5.74) is 1.66. The molecule has 2 unspecified atom stereocenters. The third kappa shape index (κ3) is 5.23. The summed E-state index contributed by atoms with van der Waals surface area (Å²) in [4.78, 5) is 2.69. The molecule has 3 rings (SSSR count). The topological polar surface area (TPSA) is 12.5 Å². The molecule has 0 radical (unpaired) electrons. The van der Waals surface area contributed by atoms with Crippen LogP contribution >= 0.6 is 0 Å². The Morgan fingerprint density at radius 2 is 1.84 bits per heavy atom. The van der Waals surface area contributed by atoms with Crippen LogP contribution in [-0.4, -0.2) is 29.7 Å². The summed E-state index contributed by atoms with van der Waals surface area (Å²) in [6.07, 6.45) is 21.4. The van der Waals surface area contributed by atoms with Gasteiger partial charge in [-0.2, -0.15) is 0 Å². The Kier molecular flexibility index (Phi) is 6.09. The van der Waals surface area contributed by atoms with E-state index in [1.165, 1.54) is 50.5 Å². The number of rotatable bonds is 4. The highest BCUT2D eigenvalue weighted by atomic mass is 16.5. The van der Waals surface area contributed by atoms with Crippen molar-refractivity contribution in [2.24, 2.45) is 11.3 Å². The monoisotopic (exact) mass is 343 g/mol. The summed E-state index contributed by atoms with van der Waals surface area (Å²) < 4.78 is 6.19. The summed E-state index contributed by atoms with van der Waals surface area (Å²) in [5.74, 6) is 0.684. The highest BCUT2D eigenvalue weighted by Crippen LogP contribution is 2.34. The Balaban J connectivity index is 1.59. The van der Waals surface area contributed by atoms with Gasteiger partial charge in [0, 0.05) is 18.2 Å². The molecule has 2 heteroatoms. The van der Waals surface area contributed by atoms with Gasteiger partial charge in [-0.1, -0.05) is 45.1 Å². The minimum atomic E-state index is 0.271. The first-order valence-electron chi connectivity index (χ1n) is 10.3. The minimum Gasteiger partial charge on any atom is -0.378 e. The minimum absolute atomic E-state index is 0.271. The lowest BCUT2D eigenvalue weighted by atomic mass is 9.84. The second kappa shape index (κ2) is 8.12. The van der Waals surface area contributed by atoms with Crippen molar-refractivity contribution in [3.05, 3.63) is 36.1 Å². The largest absolute Gasteiger partial charge is 0.378 e. The van der Waals surface area contributed by atoms with Crippen LogP contribution < -0.4 is 0 Å². The van der Waals surface area contributed by atoms with Gasteiger partial charge < -0.3 is 9.64 Å². The maximum Gasteiger partial charge on any atom is 0.0577 e. The summed E-state index contributed by atoms with van der Waals surface area (Å²) in [7, 11) is 0. The second-order valence-electron chi connectivity index (χ2n) is 9.50. The highest BCUT2D eigenvalue weighted by molar-refractivity contribution is 5.25. The third-order valence-electron chi connectivity index (χ3n) is 5.80. The molecule has 1 heterocycles. The van der Waals surface area contributed by atoms with Crippen LogP contribution in [0.5, 0.6) is 0 Å². The van der Waals surface area contributed by atoms with Crippen molar-refractivity contribution in [2.75, 3.05) is 6.61 Å². The molecule has 1 fully saturated rings. The van der Waals surface area contributed by atoms with Crippen molar-refractivity contribution in [3.63, 3.8) is 0 Å². The molecule has 0 aromatic carbocycles. The maximum absolute atomic E-state index is 6.19. The molecule has 25 heavy (non-hydrogen) atoms. The van der Waals surface area contributed by atoms with Gasteiger partial charge in [-0.05, 0) is 62.9 Å². The van der Waals surface area contributed by atoms with Crippen molar-refractivity contribution in [3.8, 4) is 0 Å². The van der Waals surface area contributed by atoms with Gasteiger partial charge in [0.1, 0.15) is 0 Å². The van der Waals surface area contributed by atoms with E-state index < -0.39 is 0 Å². The Morgan fingerprint density at radius 1 is 1.08 bits per heavy atom. The quantitative estimate of drug-likeness (QED) is 0.593. The van der Waals surface area contributed by atoms with E-state index >= 15 is 0 Å². The molecule has 2 aliphatic carbocycles. The molecule has 1 aliphatic heterocycles. The molecule has 140 valence electrons. The highest BCUT2D eigenvalue weighted by Gasteiger charge is 2.32. The van der Waals surface area contributed by atoms with Crippen LogP contribution in [-0.2, 0) is 4.74 Å². The third-order valence-corrected chi connectivity index (χ3v) is 5.80. The van der Waals surface area contributed by atoms with Gasteiger partial charge in [0.15, 0.2) is 0 Å². The summed E-state index contributed by atoms with van der Waals surface area (Å²) in [6, 6.07) is 1.23. The normalized spacial score (nSPS) is 33.4. The van der Waals surface area contributed by atoms with E-state index in [1.54, 1.807) is 0 Å². The van der Waals surface area contributed by atoms with Crippen molar-refractivity contribution < 1.29 is 4.74 Å². The van der Waals surface area contributed by atoms with Crippen LogP contribution in [0.25, 0.3) is 0 Å². The Labute approximate surface area is 155 Å². The van der Waals surface area contributed by atoms with E-state index in [0.29, 0.717) is 24.1 Å².